The molecule has 0 aromatic heterocycles. The van der Waals surface area contributed by atoms with Gasteiger partial charge in [0.2, 0.25) is 0 Å². The van der Waals surface area contributed by atoms with Gasteiger partial charge in [-0.1, -0.05) is 26.3 Å². The molecule has 0 bridgehead atoms. The molecule has 0 aliphatic heterocycles. The van der Waals surface area contributed by atoms with Crippen LogP contribution >= 0.6 is 0 Å². The van der Waals surface area contributed by atoms with Crippen molar-refractivity contribution in [3.63, 3.8) is 0 Å². The fraction of sp³-hybridized carbons (Fsp3) is 0.273. The van der Waals surface area contributed by atoms with Crippen LogP contribution in [0.15, 0.2) is 24.3 Å². The molecule has 1 rings (SSSR count). The minimum atomic E-state index is 0. The second kappa shape index (κ2) is 6.29. The van der Waals surface area contributed by atoms with Gasteiger partial charge >= 0.3 is 31.1 Å². The normalized spacial score (nSPS) is 8.77. The van der Waals surface area contributed by atoms with Crippen molar-refractivity contribution in [2.45, 2.75) is 20.3 Å². The molecular formula is C11H13NU. The van der Waals surface area contributed by atoms with Crippen molar-refractivity contribution in [2.75, 3.05) is 0 Å². The van der Waals surface area contributed by atoms with Gasteiger partial charge in [0.15, 0.2) is 0 Å². The Morgan fingerprint density at radius 2 is 2.00 bits per heavy atom. The minimum Gasteiger partial charge on any atom is -0.812 e. The Balaban J connectivity index is 0.00000144. The standard InChI is InChI=1S/C11H13N.U/c1-9-5-3-4-6-11(9)8-7-10(2)12;/h3-6,8H,7H2,1-2H3;/q-2;+2. The summed E-state index contributed by atoms with van der Waals surface area (Å²) in [7, 11) is 0. The van der Waals surface area contributed by atoms with Crippen molar-refractivity contribution in [3.05, 3.63) is 47.2 Å². The van der Waals surface area contributed by atoms with E-state index in [4.69, 9.17) is 5.41 Å². The van der Waals surface area contributed by atoms with E-state index in [1.807, 2.05) is 18.6 Å². The molecule has 0 aliphatic carbocycles. The van der Waals surface area contributed by atoms with E-state index in [1.165, 1.54) is 11.1 Å². The molecule has 0 unspecified atom stereocenters. The topological polar surface area (TPSA) is 22.3 Å². The van der Waals surface area contributed by atoms with Crippen LogP contribution < -0.4 is 0 Å². The molecule has 66 valence electrons. The van der Waals surface area contributed by atoms with E-state index in [1.54, 1.807) is 6.92 Å². The maximum absolute atomic E-state index is 8.99. The third-order valence-electron chi connectivity index (χ3n) is 1.81. The van der Waals surface area contributed by atoms with Gasteiger partial charge in [0, 0.05) is 0 Å². The van der Waals surface area contributed by atoms with Gasteiger partial charge in [0.05, 0.1) is 0 Å². The quantitative estimate of drug-likeness (QED) is 0.553. The molecule has 0 radical (unpaired) electrons. The first-order valence-electron chi connectivity index (χ1n) is 4.10. The van der Waals surface area contributed by atoms with E-state index in [9.17, 15) is 0 Å². The summed E-state index contributed by atoms with van der Waals surface area (Å²) < 4.78 is 0. The molecule has 0 N–H and O–H groups in total. The van der Waals surface area contributed by atoms with Crippen LogP contribution in [0.1, 0.15) is 24.5 Å². The zero-order chi connectivity index (χ0) is 8.97. The van der Waals surface area contributed by atoms with Crippen LogP contribution in [-0.4, -0.2) is 5.71 Å². The molecule has 0 amide bonds. The molecule has 0 heterocycles. The summed E-state index contributed by atoms with van der Waals surface area (Å²) in [5, 5.41) is 8.99. The molecule has 0 aliphatic rings. The number of rotatable bonds is 3. The van der Waals surface area contributed by atoms with Crippen LogP contribution in [0.25, 0.3) is 5.41 Å². The Kier molecular flexibility index (Phi) is 6.20. The Hall–Kier alpha value is -0.188. The molecule has 0 spiro atoms. The number of hydrogen-bond acceptors (Lipinski definition) is 0. The van der Waals surface area contributed by atoms with Crippen molar-refractivity contribution in [1.82, 2.24) is 0 Å². The Labute approximate surface area is 104 Å². The van der Waals surface area contributed by atoms with Crippen molar-refractivity contribution in [1.29, 1.82) is 0 Å². The fourth-order valence-corrected chi connectivity index (χ4v) is 1.07. The first-order valence-corrected chi connectivity index (χ1v) is 4.10. The second-order valence-corrected chi connectivity index (χ2v) is 3.00. The SMILES string of the molecule is CC(=[N-])C[CH-]c1ccccc1C.[U+2]. The van der Waals surface area contributed by atoms with E-state index in [0.717, 1.165) is 0 Å². The predicted molar refractivity (Wildman–Crippen MR) is 53.2 cm³/mol. The number of aryl methyl sites for hydroxylation is 1. The summed E-state index contributed by atoms with van der Waals surface area (Å²) in [6, 6.07) is 8.14. The molecule has 0 saturated heterocycles. The number of benzene rings is 1. The van der Waals surface area contributed by atoms with Crippen molar-refractivity contribution in [3.8, 4) is 0 Å². The van der Waals surface area contributed by atoms with Crippen molar-refractivity contribution < 1.29 is 31.1 Å². The number of hydrogen-bond donors (Lipinski definition) is 0. The second-order valence-electron chi connectivity index (χ2n) is 3.00. The zero-order valence-corrected chi connectivity index (χ0v) is 12.2. The third kappa shape index (κ3) is 4.55. The molecule has 0 saturated carbocycles. The van der Waals surface area contributed by atoms with Gasteiger partial charge in [-0.15, -0.1) is 12.1 Å². The summed E-state index contributed by atoms with van der Waals surface area (Å²) >= 11 is 0. The van der Waals surface area contributed by atoms with Gasteiger partial charge < -0.3 is 5.41 Å². The van der Waals surface area contributed by atoms with Gasteiger partial charge in [0.1, 0.15) is 0 Å². The maximum Gasteiger partial charge on any atom is 2.00 e. The summed E-state index contributed by atoms with van der Waals surface area (Å²) in [4.78, 5) is 0. The zero-order valence-electron chi connectivity index (χ0n) is 8.04. The van der Waals surface area contributed by atoms with E-state index in [2.05, 4.69) is 19.1 Å². The van der Waals surface area contributed by atoms with Gasteiger partial charge in [-0.2, -0.15) is 23.6 Å². The largest absolute Gasteiger partial charge is 2.00 e. The Bertz CT molecular complexity index is 281. The van der Waals surface area contributed by atoms with Crippen LogP contribution in [0.4, 0.5) is 0 Å². The Morgan fingerprint density at radius 3 is 2.54 bits per heavy atom. The molecule has 13 heavy (non-hydrogen) atoms. The van der Waals surface area contributed by atoms with Gasteiger partial charge in [-0.05, 0) is 0 Å². The summed E-state index contributed by atoms with van der Waals surface area (Å²) in [5.41, 5.74) is 2.91. The smallest absolute Gasteiger partial charge is 0.812 e. The first-order chi connectivity index (χ1) is 5.70. The van der Waals surface area contributed by atoms with E-state index in [0.29, 0.717) is 12.1 Å². The Morgan fingerprint density at radius 1 is 1.38 bits per heavy atom. The molecule has 2 heteroatoms. The van der Waals surface area contributed by atoms with Crippen molar-refractivity contribution >= 4 is 5.71 Å². The molecule has 1 aromatic rings. The third-order valence-corrected chi connectivity index (χ3v) is 1.81. The minimum absolute atomic E-state index is 0. The predicted octanol–water partition coefficient (Wildman–Crippen LogP) is 2.97. The molecular weight excluding hydrogens is 384 g/mol. The molecule has 1 nitrogen and oxygen atoms in total. The summed E-state index contributed by atoms with van der Waals surface area (Å²) in [6.07, 6.45) is 2.68. The van der Waals surface area contributed by atoms with E-state index < -0.39 is 0 Å². The summed E-state index contributed by atoms with van der Waals surface area (Å²) in [6.45, 7) is 3.79. The number of nitrogens with zero attached hydrogens (tertiary/aromatic N) is 1. The van der Waals surface area contributed by atoms with Gasteiger partial charge in [-0.3, -0.25) is 0 Å². The maximum atomic E-state index is 8.99. The molecule has 0 fully saturated rings. The van der Waals surface area contributed by atoms with Gasteiger partial charge in [-0.25, -0.2) is 5.71 Å². The van der Waals surface area contributed by atoms with Crippen LogP contribution in [0.2, 0.25) is 0 Å². The van der Waals surface area contributed by atoms with Gasteiger partial charge in [0.25, 0.3) is 0 Å². The van der Waals surface area contributed by atoms with Crippen LogP contribution in [-0.2, 0) is 0 Å². The van der Waals surface area contributed by atoms with Crippen LogP contribution in [0, 0.1) is 44.5 Å². The van der Waals surface area contributed by atoms with Crippen LogP contribution in [0.5, 0.6) is 0 Å². The molecule has 1 aromatic carbocycles. The van der Waals surface area contributed by atoms with E-state index in [-0.39, 0.29) is 31.1 Å². The monoisotopic (exact) mass is 397 g/mol. The van der Waals surface area contributed by atoms with Crippen molar-refractivity contribution in [2.24, 2.45) is 0 Å². The molecule has 0 atom stereocenters. The average molecular weight is 397 g/mol. The van der Waals surface area contributed by atoms with E-state index >= 15 is 0 Å². The van der Waals surface area contributed by atoms with Crippen LogP contribution in [0.3, 0.4) is 0 Å². The first kappa shape index (κ1) is 12.8. The summed E-state index contributed by atoms with van der Waals surface area (Å²) in [5.74, 6) is 0. The fourth-order valence-electron chi connectivity index (χ4n) is 1.07. The average Bonchev–Trinajstić information content (AvgIpc) is 2.03.